The van der Waals surface area contributed by atoms with Crippen molar-refractivity contribution in [2.45, 2.75) is 32.4 Å². The highest BCUT2D eigenvalue weighted by Crippen LogP contribution is 2.20. The minimum Gasteiger partial charge on any atom is -0.444 e. The predicted molar refractivity (Wildman–Crippen MR) is 77.3 cm³/mol. The number of carbonyl (C=O) groups excluding carboxylic acids is 1. The van der Waals surface area contributed by atoms with Crippen LogP contribution in [-0.2, 0) is 4.74 Å². The Morgan fingerprint density at radius 1 is 1.47 bits per heavy atom. The summed E-state index contributed by atoms with van der Waals surface area (Å²) in [6.45, 7) is 7.07. The molecular formula is C13H18BrN3O2. The third-order valence-electron chi connectivity index (χ3n) is 2.64. The van der Waals surface area contributed by atoms with Crippen LogP contribution in [0.15, 0.2) is 22.8 Å². The van der Waals surface area contributed by atoms with Crippen LogP contribution in [-0.4, -0.2) is 35.8 Å². The van der Waals surface area contributed by atoms with Crippen molar-refractivity contribution in [1.82, 2.24) is 10.3 Å². The molecule has 1 amide bonds. The highest BCUT2D eigenvalue weighted by atomic mass is 79.9. The standard InChI is InChI=1S/C13H18BrN3O2/c1-13(2,3)19-12(18)16-10-7-17(8-10)11-5-4-9(14)6-15-11/h4-6,10H,7-8H2,1-3H3,(H,16,18). The van der Waals surface area contributed by atoms with E-state index in [4.69, 9.17) is 4.74 Å². The molecule has 0 radical (unpaired) electrons. The third-order valence-corrected chi connectivity index (χ3v) is 3.11. The number of rotatable bonds is 2. The van der Waals surface area contributed by atoms with Gasteiger partial charge in [-0.1, -0.05) is 0 Å². The van der Waals surface area contributed by atoms with Crippen molar-refractivity contribution in [1.29, 1.82) is 0 Å². The molecule has 0 atom stereocenters. The lowest BCUT2D eigenvalue weighted by Crippen LogP contribution is -2.60. The van der Waals surface area contributed by atoms with Crippen molar-refractivity contribution in [3.8, 4) is 0 Å². The average molecular weight is 328 g/mol. The van der Waals surface area contributed by atoms with Crippen LogP contribution >= 0.6 is 15.9 Å². The summed E-state index contributed by atoms with van der Waals surface area (Å²) < 4.78 is 6.17. The highest BCUT2D eigenvalue weighted by molar-refractivity contribution is 9.10. The quantitative estimate of drug-likeness (QED) is 0.907. The van der Waals surface area contributed by atoms with E-state index in [1.165, 1.54) is 0 Å². The van der Waals surface area contributed by atoms with Gasteiger partial charge in [-0.25, -0.2) is 9.78 Å². The molecular weight excluding hydrogens is 310 g/mol. The summed E-state index contributed by atoms with van der Waals surface area (Å²) in [7, 11) is 0. The van der Waals surface area contributed by atoms with Gasteiger partial charge in [-0.2, -0.15) is 0 Å². The first kappa shape index (κ1) is 14.1. The zero-order valence-electron chi connectivity index (χ0n) is 11.3. The maximum atomic E-state index is 11.6. The van der Waals surface area contributed by atoms with E-state index in [1.807, 2.05) is 32.9 Å². The second-order valence-electron chi connectivity index (χ2n) is 5.58. The van der Waals surface area contributed by atoms with Gasteiger partial charge in [-0.05, 0) is 48.8 Å². The van der Waals surface area contributed by atoms with E-state index in [1.54, 1.807) is 6.20 Å². The average Bonchev–Trinajstić information content (AvgIpc) is 2.22. The number of ether oxygens (including phenoxy) is 1. The number of hydrogen-bond donors (Lipinski definition) is 1. The second-order valence-corrected chi connectivity index (χ2v) is 6.50. The van der Waals surface area contributed by atoms with E-state index in [-0.39, 0.29) is 12.1 Å². The van der Waals surface area contributed by atoms with E-state index in [0.717, 1.165) is 23.4 Å². The minimum absolute atomic E-state index is 0.125. The first-order chi connectivity index (χ1) is 8.83. The number of amides is 1. The SMILES string of the molecule is CC(C)(C)OC(=O)NC1CN(c2ccc(Br)cn2)C1. The zero-order valence-corrected chi connectivity index (χ0v) is 12.9. The molecule has 19 heavy (non-hydrogen) atoms. The van der Waals surface area contributed by atoms with Gasteiger partial charge in [0, 0.05) is 23.8 Å². The number of hydrogen-bond acceptors (Lipinski definition) is 4. The molecule has 104 valence electrons. The van der Waals surface area contributed by atoms with Gasteiger partial charge in [0.25, 0.3) is 0 Å². The number of nitrogens with zero attached hydrogens (tertiary/aromatic N) is 2. The van der Waals surface area contributed by atoms with Gasteiger partial charge in [-0.3, -0.25) is 0 Å². The summed E-state index contributed by atoms with van der Waals surface area (Å²) in [5, 5.41) is 2.84. The molecule has 1 aliphatic rings. The molecule has 1 N–H and O–H groups in total. The molecule has 6 heteroatoms. The summed E-state index contributed by atoms with van der Waals surface area (Å²) in [5.41, 5.74) is -0.458. The molecule has 5 nitrogen and oxygen atoms in total. The number of pyridine rings is 1. The number of anilines is 1. The Balaban J connectivity index is 1.77. The van der Waals surface area contributed by atoms with Crippen LogP contribution in [0.1, 0.15) is 20.8 Å². The molecule has 1 aliphatic heterocycles. The maximum Gasteiger partial charge on any atom is 0.407 e. The smallest absolute Gasteiger partial charge is 0.407 e. The number of carbonyl (C=O) groups is 1. The Labute approximate surface area is 121 Å². The fourth-order valence-corrected chi connectivity index (χ4v) is 2.02. The summed E-state index contributed by atoms with van der Waals surface area (Å²) in [6.07, 6.45) is 1.41. The van der Waals surface area contributed by atoms with Crippen LogP contribution in [0.2, 0.25) is 0 Å². The largest absolute Gasteiger partial charge is 0.444 e. The fourth-order valence-electron chi connectivity index (χ4n) is 1.79. The van der Waals surface area contributed by atoms with Crippen molar-refractivity contribution < 1.29 is 9.53 Å². The Morgan fingerprint density at radius 3 is 2.68 bits per heavy atom. The number of nitrogens with one attached hydrogen (secondary N) is 1. The van der Waals surface area contributed by atoms with E-state index in [9.17, 15) is 4.79 Å². The molecule has 0 aliphatic carbocycles. The molecule has 1 fully saturated rings. The molecule has 1 saturated heterocycles. The molecule has 1 aromatic rings. The predicted octanol–water partition coefficient (Wildman–Crippen LogP) is 2.56. The van der Waals surface area contributed by atoms with Crippen molar-refractivity contribution in [2.75, 3.05) is 18.0 Å². The van der Waals surface area contributed by atoms with Crippen molar-refractivity contribution in [3.63, 3.8) is 0 Å². The van der Waals surface area contributed by atoms with Crippen molar-refractivity contribution in [3.05, 3.63) is 22.8 Å². The molecule has 0 aromatic carbocycles. The van der Waals surface area contributed by atoms with E-state index in [2.05, 4.69) is 31.1 Å². The molecule has 0 saturated carbocycles. The summed E-state index contributed by atoms with van der Waals surface area (Å²) >= 11 is 3.35. The molecule has 2 rings (SSSR count). The lowest BCUT2D eigenvalue weighted by molar-refractivity contribution is 0.0496. The Bertz CT molecular complexity index is 450. The van der Waals surface area contributed by atoms with Gasteiger partial charge >= 0.3 is 6.09 Å². The molecule has 2 heterocycles. The lowest BCUT2D eigenvalue weighted by atomic mass is 10.1. The highest BCUT2D eigenvalue weighted by Gasteiger charge is 2.30. The van der Waals surface area contributed by atoms with Crippen LogP contribution in [0.25, 0.3) is 0 Å². The Kier molecular flexibility index (Phi) is 3.99. The first-order valence-electron chi connectivity index (χ1n) is 6.19. The third kappa shape index (κ3) is 4.09. The van der Waals surface area contributed by atoms with Gasteiger partial charge in [-0.15, -0.1) is 0 Å². The van der Waals surface area contributed by atoms with Gasteiger partial charge in [0.2, 0.25) is 0 Å². The Morgan fingerprint density at radius 2 is 2.16 bits per heavy atom. The van der Waals surface area contributed by atoms with Gasteiger partial charge in [0.05, 0.1) is 6.04 Å². The number of alkyl carbamates (subject to hydrolysis) is 1. The number of aromatic nitrogens is 1. The molecule has 0 spiro atoms. The second kappa shape index (κ2) is 5.36. The van der Waals surface area contributed by atoms with Gasteiger partial charge in [0.1, 0.15) is 11.4 Å². The van der Waals surface area contributed by atoms with Crippen LogP contribution in [0.4, 0.5) is 10.6 Å². The van der Waals surface area contributed by atoms with Crippen LogP contribution in [0, 0.1) is 0 Å². The van der Waals surface area contributed by atoms with E-state index >= 15 is 0 Å². The topological polar surface area (TPSA) is 54.5 Å². The van der Waals surface area contributed by atoms with Crippen LogP contribution in [0.5, 0.6) is 0 Å². The summed E-state index contributed by atoms with van der Waals surface area (Å²) in [4.78, 5) is 18.0. The van der Waals surface area contributed by atoms with Crippen molar-refractivity contribution >= 4 is 27.8 Å². The molecule has 1 aromatic heterocycles. The van der Waals surface area contributed by atoms with Crippen molar-refractivity contribution in [2.24, 2.45) is 0 Å². The maximum absolute atomic E-state index is 11.6. The monoisotopic (exact) mass is 327 g/mol. The van der Waals surface area contributed by atoms with E-state index in [0.29, 0.717) is 0 Å². The fraction of sp³-hybridized carbons (Fsp3) is 0.538. The van der Waals surface area contributed by atoms with Gasteiger partial charge < -0.3 is 15.0 Å². The number of halogens is 1. The minimum atomic E-state index is -0.458. The summed E-state index contributed by atoms with van der Waals surface area (Å²) in [6, 6.07) is 4.03. The van der Waals surface area contributed by atoms with E-state index < -0.39 is 5.60 Å². The summed E-state index contributed by atoms with van der Waals surface area (Å²) in [5.74, 6) is 0.922. The Hall–Kier alpha value is -1.30. The van der Waals surface area contributed by atoms with Crippen LogP contribution in [0.3, 0.4) is 0 Å². The van der Waals surface area contributed by atoms with Crippen LogP contribution < -0.4 is 10.2 Å². The first-order valence-corrected chi connectivity index (χ1v) is 6.99. The van der Waals surface area contributed by atoms with Gasteiger partial charge in [0.15, 0.2) is 0 Å². The molecule has 0 unspecified atom stereocenters. The lowest BCUT2D eigenvalue weighted by Gasteiger charge is -2.40. The molecule has 0 bridgehead atoms. The zero-order chi connectivity index (χ0) is 14.0. The normalized spacial score (nSPS) is 15.9.